The van der Waals surface area contributed by atoms with E-state index >= 15 is 0 Å². The molecule has 2 aromatic carbocycles. The lowest BCUT2D eigenvalue weighted by Crippen LogP contribution is -2.35. The number of ether oxygens (including phenoxy) is 1. The molecule has 0 atom stereocenters. The molecule has 32 heavy (non-hydrogen) atoms. The molecule has 2 aliphatic rings. The molecule has 1 aliphatic carbocycles. The first-order chi connectivity index (χ1) is 15.6. The monoisotopic (exact) mass is 438 g/mol. The van der Waals surface area contributed by atoms with Gasteiger partial charge in [-0.05, 0) is 36.5 Å². The number of carbonyl (C=O) groups excluding carboxylic acids is 1. The van der Waals surface area contributed by atoms with E-state index in [1.54, 1.807) is 0 Å². The van der Waals surface area contributed by atoms with Crippen molar-refractivity contribution in [2.45, 2.75) is 26.0 Å². The molecule has 0 unspecified atom stereocenters. The summed E-state index contributed by atoms with van der Waals surface area (Å²) in [5.41, 5.74) is 1.50. The van der Waals surface area contributed by atoms with Gasteiger partial charge in [-0.1, -0.05) is 30.3 Å². The lowest BCUT2D eigenvalue weighted by atomic mass is 10.2. The molecule has 1 saturated carbocycles. The molecule has 8 heteroatoms. The van der Waals surface area contributed by atoms with Crippen LogP contribution in [0.15, 0.2) is 48.5 Å². The van der Waals surface area contributed by atoms with Crippen LogP contribution in [0.2, 0.25) is 0 Å². The first-order valence-corrected chi connectivity index (χ1v) is 10.8. The Morgan fingerprint density at radius 1 is 1.12 bits per heavy atom. The number of halogens is 2. The average Bonchev–Trinajstić information content (AvgIpc) is 3.56. The smallest absolute Gasteiger partial charge is 0.274 e. The maximum Gasteiger partial charge on any atom is 0.274 e. The second-order valence-corrected chi connectivity index (χ2v) is 8.28. The van der Waals surface area contributed by atoms with E-state index in [1.807, 2.05) is 39.8 Å². The van der Waals surface area contributed by atoms with Gasteiger partial charge in [0.05, 0.1) is 0 Å². The van der Waals surface area contributed by atoms with Crippen LogP contribution in [-0.2, 0) is 13.2 Å². The van der Waals surface area contributed by atoms with Gasteiger partial charge >= 0.3 is 0 Å². The van der Waals surface area contributed by atoms with Crippen LogP contribution in [0.5, 0.6) is 5.75 Å². The van der Waals surface area contributed by atoms with Crippen LogP contribution in [0.25, 0.3) is 0 Å². The summed E-state index contributed by atoms with van der Waals surface area (Å²) >= 11 is 0. The Morgan fingerprint density at radius 3 is 2.69 bits per heavy atom. The molecule has 1 N–H and O–H groups in total. The predicted octanol–water partition coefficient (Wildman–Crippen LogP) is 4.07. The molecule has 6 nitrogen and oxygen atoms in total. The van der Waals surface area contributed by atoms with Gasteiger partial charge in [0.25, 0.3) is 5.91 Å². The summed E-state index contributed by atoms with van der Waals surface area (Å²) in [4.78, 5) is 20.0. The highest BCUT2D eigenvalue weighted by atomic mass is 19.1. The Balaban J connectivity index is 1.48. The molecule has 5 rings (SSSR count). The van der Waals surface area contributed by atoms with E-state index < -0.39 is 11.6 Å². The Morgan fingerprint density at radius 2 is 1.94 bits per heavy atom. The molecule has 166 valence electrons. The number of hydrogen-bond acceptors (Lipinski definition) is 4. The number of imidazole rings is 1. The quantitative estimate of drug-likeness (QED) is 0.604. The summed E-state index contributed by atoms with van der Waals surface area (Å²) in [6.07, 6.45) is 2.32. The maximum absolute atomic E-state index is 14.1. The van der Waals surface area contributed by atoms with Gasteiger partial charge in [0.1, 0.15) is 18.2 Å². The highest BCUT2D eigenvalue weighted by molar-refractivity contribution is 5.98. The maximum atomic E-state index is 14.1. The zero-order chi connectivity index (χ0) is 22.1. The molecular weight excluding hydrogens is 414 g/mol. The topological polar surface area (TPSA) is 59.4 Å². The van der Waals surface area contributed by atoms with E-state index in [1.165, 1.54) is 6.07 Å². The Kier molecular flexibility index (Phi) is 5.51. The van der Waals surface area contributed by atoms with Crippen molar-refractivity contribution in [2.75, 3.05) is 25.0 Å². The van der Waals surface area contributed by atoms with Gasteiger partial charge in [0.15, 0.2) is 23.1 Å². The van der Waals surface area contributed by atoms with Crippen molar-refractivity contribution in [1.29, 1.82) is 0 Å². The van der Waals surface area contributed by atoms with Crippen molar-refractivity contribution in [1.82, 2.24) is 14.5 Å². The summed E-state index contributed by atoms with van der Waals surface area (Å²) in [6.45, 7) is 2.37. The molecule has 0 bridgehead atoms. The van der Waals surface area contributed by atoms with Crippen LogP contribution in [0.1, 0.15) is 34.7 Å². The van der Waals surface area contributed by atoms with E-state index in [9.17, 15) is 13.6 Å². The van der Waals surface area contributed by atoms with E-state index in [-0.39, 0.29) is 18.3 Å². The van der Waals surface area contributed by atoms with Crippen molar-refractivity contribution >= 4 is 11.7 Å². The fraction of sp³-hybridized carbons (Fsp3) is 0.333. The van der Waals surface area contributed by atoms with E-state index in [2.05, 4.69) is 10.3 Å². The molecule has 3 aromatic rings. The van der Waals surface area contributed by atoms with Crippen molar-refractivity contribution in [3.8, 4) is 5.75 Å². The van der Waals surface area contributed by atoms with Gasteiger partial charge in [-0.15, -0.1) is 0 Å². The molecular formula is C24H24F2N4O2. The number of benzene rings is 2. The number of carbonyl (C=O) groups is 1. The number of amides is 1. The van der Waals surface area contributed by atoms with Crippen molar-refractivity contribution in [3.05, 3.63) is 77.2 Å². The van der Waals surface area contributed by atoms with Gasteiger partial charge in [-0.2, -0.15) is 0 Å². The van der Waals surface area contributed by atoms with Gasteiger partial charge < -0.3 is 19.5 Å². The van der Waals surface area contributed by atoms with Crippen molar-refractivity contribution < 1.29 is 18.3 Å². The van der Waals surface area contributed by atoms with Crippen LogP contribution >= 0.6 is 0 Å². The summed E-state index contributed by atoms with van der Waals surface area (Å²) < 4.78 is 34.7. The third-order valence-electron chi connectivity index (χ3n) is 5.82. The van der Waals surface area contributed by atoms with Gasteiger partial charge in [-0.3, -0.25) is 4.79 Å². The van der Waals surface area contributed by atoms with Crippen molar-refractivity contribution in [2.24, 2.45) is 5.92 Å². The fourth-order valence-electron chi connectivity index (χ4n) is 3.97. The minimum atomic E-state index is -0.780. The largest absolute Gasteiger partial charge is 0.483 e. The lowest BCUT2D eigenvalue weighted by molar-refractivity contribution is 0.0749. The number of nitrogens with one attached hydrogen (secondary N) is 1. The van der Waals surface area contributed by atoms with E-state index in [4.69, 9.17) is 4.74 Å². The number of aromatic nitrogens is 2. The molecule has 1 amide bonds. The summed E-state index contributed by atoms with van der Waals surface area (Å²) in [5.74, 6) is 0.0228. The van der Waals surface area contributed by atoms with Gasteiger partial charge in [-0.25, -0.2) is 13.8 Å². The minimum absolute atomic E-state index is 0.0556. The highest BCUT2D eigenvalue weighted by Crippen LogP contribution is 2.32. The number of fused-ring (bicyclic) bond motifs is 1. The van der Waals surface area contributed by atoms with Crippen LogP contribution in [-0.4, -0.2) is 40.0 Å². The van der Waals surface area contributed by atoms with Crippen LogP contribution in [0.3, 0.4) is 0 Å². The number of hydrogen-bond donors (Lipinski definition) is 1. The molecule has 0 radical (unpaired) electrons. The Hall–Kier alpha value is -3.42. The lowest BCUT2D eigenvalue weighted by Gasteiger charge is -2.21. The second-order valence-electron chi connectivity index (χ2n) is 8.28. The highest BCUT2D eigenvalue weighted by Gasteiger charge is 2.33. The summed E-state index contributed by atoms with van der Waals surface area (Å²) in [7, 11) is 0. The summed E-state index contributed by atoms with van der Waals surface area (Å²) in [6, 6.07) is 12.9. The zero-order valence-electron chi connectivity index (χ0n) is 17.6. The molecule has 0 spiro atoms. The van der Waals surface area contributed by atoms with Gasteiger partial charge in [0, 0.05) is 32.2 Å². The first-order valence-electron chi connectivity index (χ1n) is 10.8. The molecule has 1 aromatic heterocycles. The number of nitrogens with zero attached hydrogens (tertiary/aromatic N) is 3. The summed E-state index contributed by atoms with van der Waals surface area (Å²) in [5, 5.41) is 3.27. The third-order valence-corrected chi connectivity index (χ3v) is 5.82. The normalized spacial score (nSPS) is 15.8. The number of anilines is 1. The van der Waals surface area contributed by atoms with Crippen molar-refractivity contribution in [3.63, 3.8) is 0 Å². The molecule has 2 heterocycles. The standard InChI is InChI=1S/C24H24F2N4O2/c25-18-8-9-20(19(26)12-18)32-15-21-28-23-22(30(21)14-16-4-2-1-3-5-16)24(31)29(11-10-27-23)13-17-6-7-17/h1-5,8-9,12,17,27H,6-7,10-11,13-15H2. The Bertz CT molecular complexity index is 1130. The van der Waals surface area contributed by atoms with Crippen LogP contribution in [0.4, 0.5) is 14.6 Å². The molecule has 1 aliphatic heterocycles. The zero-order valence-corrected chi connectivity index (χ0v) is 17.6. The van der Waals surface area contributed by atoms with E-state index in [0.29, 0.717) is 42.9 Å². The Labute approximate surface area is 184 Å². The van der Waals surface area contributed by atoms with Crippen LogP contribution < -0.4 is 10.1 Å². The second kappa shape index (κ2) is 8.61. The minimum Gasteiger partial charge on any atom is -0.483 e. The average molecular weight is 438 g/mol. The molecule has 1 fully saturated rings. The first kappa shape index (κ1) is 20.5. The predicted molar refractivity (Wildman–Crippen MR) is 116 cm³/mol. The fourth-order valence-corrected chi connectivity index (χ4v) is 3.97. The van der Waals surface area contributed by atoms with E-state index in [0.717, 1.165) is 37.1 Å². The van der Waals surface area contributed by atoms with Gasteiger partial charge in [0.2, 0.25) is 0 Å². The SMILES string of the molecule is O=C1c2c(nc(COc3ccc(F)cc3F)n2Cc2ccccc2)NCCN1CC1CC1. The van der Waals surface area contributed by atoms with Crippen LogP contribution in [0, 0.1) is 17.6 Å². The number of rotatable bonds is 7. The third kappa shape index (κ3) is 4.30. The molecule has 0 saturated heterocycles.